The Morgan fingerprint density at radius 1 is 0.800 bits per heavy atom. The first-order valence-corrected chi connectivity index (χ1v) is 13.7. The second kappa shape index (κ2) is 10.5. The molecule has 1 aromatic carbocycles. The number of unbranched alkanes of at least 4 members (excludes halogenated alkanes) is 1. The molecule has 0 aliphatic carbocycles. The summed E-state index contributed by atoms with van der Waals surface area (Å²) in [7, 11) is -5.06. The predicted molar refractivity (Wildman–Crippen MR) is 117 cm³/mol. The lowest BCUT2D eigenvalue weighted by molar-refractivity contribution is 0.152. The van der Waals surface area contributed by atoms with Crippen LogP contribution in [0.2, 0.25) is 0 Å². The topological polar surface area (TPSA) is 90.0 Å². The number of hydrogen-bond acceptors (Lipinski definition) is 6. The van der Waals surface area contributed by atoms with Crippen molar-refractivity contribution in [1.82, 2.24) is 18.8 Å². The lowest BCUT2D eigenvalue weighted by atomic mass is 10.2. The number of sulfonamides is 2. The van der Waals surface area contributed by atoms with Gasteiger partial charge < -0.3 is 9.80 Å². The van der Waals surface area contributed by atoms with Gasteiger partial charge in [0.1, 0.15) is 0 Å². The molecule has 1 aromatic rings. The van der Waals surface area contributed by atoms with Gasteiger partial charge in [0, 0.05) is 45.8 Å². The number of likely N-dealkylation sites (N-methyl/N-ethyl adjacent to an activating group) is 1. The van der Waals surface area contributed by atoms with Gasteiger partial charge in [0.25, 0.3) is 0 Å². The van der Waals surface area contributed by atoms with Gasteiger partial charge in [-0.1, -0.05) is 6.42 Å². The number of rotatable bonds is 9. The van der Waals surface area contributed by atoms with Crippen LogP contribution >= 0.6 is 0 Å². The molecule has 0 spiro atoms. The van der Waals surface area contributed by atoms with Crippen LogP contribution in [0.3, 0.4) is 0 Å². The number of benzene rings is 1. The fraction of sp³-hybridized carbons (Fsp3) is 0.700. The van der Waals surface area contributed by atoms with Gasteiger partial charge in [-0.25, -0.2) is 21.6 Å². The number of nitrogens with zero attached hydrogens (tertiary/aromatic N) is 3. The summed E-state index contributed by atoms with van der Waals surface area (Å²) in [5, 5.41) is 0. The minimum Gasteiger partial charge on any atom is -0.304 e. The smallest absolute Gasteiger partial charge is 0.243 e. The Bertz CT molecular complexity index is 874. The van der Waals surface area contributed by atoms with E-state index in [1.54, 1.807) is 0 Å². The Balaban J connectivity index is 1.47. The molecule has 0 saturated carbocycles. The highest BCUT2D eigenvalue weighted by molar-refractivity contribution is 7.89. The maximum absolute atomic E-state index is 12.7. The van der Waals surface area contributed by atoms with E-state index in [9.17, 15) is 16.8 Å². The molecule has 2 aliphatic rings. The third kappa shape index (κ3) is 6.24. The molecular formula is C20H34N4O4S2. The van der Waals surface area contributed by atoms with Crippen molar-refractivity contribution < 1.29 is 16.8 Å². The highest BCUT2D eigenvalue weighted by atomic mass is 32.2. The normalized spacial score (nSPS) is 20.4. The average Bonchev–Trinajstić information content (AvgIpc) is 2.75. The van der Waals surface area contributed by atoms with Crippen LogP contribution in [0, 0.1) is 0 Å². The van der Waals surface area contributed by atoms with Gasteiger partial charge in [-0.2, -0.15) is 4.31 Å². The highest BCUT2D eigenvalue weighted by Crippen LogP contribution is 2.22. The molecule has 3 rings (SSSR count). The standard InChI is InChI=1S/C20H34N4O4S2/c1-22-15-17-23(18-16-22)12-6-3-11-21-29(25,26)19-7-9-20(10-8-19)30(27,28)24-13-4-2-5-14-24/h7-10,21H,2-6,11-18H2,1H3. The van der Waals surface area contributed by atoms with Crippen molar-refractivity contribution in [2.24, 2.45) is 0 Å². The van der Waals surface area contributed by atoms with Gasteiger partial charge in [0.05, 0.1) is 9.79 Å². The van der Waals surface area contributed by atoms with E-state index in [0.29, 0.717) is 19.6 Å². The fourth-order valence-electron chi connectivity index (χ4n) is 3.87. The molecule has 2 heterocycles. The highest BCUT2D eigenvalue weighted by Gasteiger charge is 2.26. The SMILES string of the molecule is CN1CCN(CCCCNS(=O)(=O)c2ccc(S(=O)(=O)N3CCCCC3)cc2)CC1. The average molecular weight is 459 g/mol. The van der Waals surface area contributed by atoms with Crippen LogP contribution in [0.1, 0.15) is 32.1 Å². The van der Waals surface area contributed by atoms with Crippen molar-refractivity contribution in [3.8, 4) is 0 Å². The Hall–Kier alpha value is -1.04. The van der Waals surface area contributed by atoms with Crippen molar-refractivity contribution in [3.05, 3.63) is 24.3 Å². The Kier molecular flexibility index (Phi) is 8.28. The van der Waals surface area contributed by atoms with Gasteiger partial charge in [0.2, 0.25) is 20.0 Å². The summed E-state index contributed by atoms with van der Waals surface area (Å²) in [6.45, 7) is 6.70. The van der Waals surface area contributed by atoms with Gasteiger partial charge in [-0.05, 0) is 63.5 Å². The first kappa shape index (κ1) is 23.6. The quantitative estimate of drug-likeness (QED) is 0.559. The third-order valence-electron chi connectivity index (χ3n) is 5.88. The van der Waals surface area contributed by atoms with Crippen molar-refractivity contribution in [3.63, 3.8) is 0 Å². The van der Waals surface area contributed by atoms with Gasteiger partial charge in [-0.3, -0.25) is 0 Å². The summed E-state index contributed by atoms with van der Waals surface area (Å²) in [5.41, 5.74) is 0. The fourth-order valence-corrected chi connectivity index (χ4v) is 6.46. The zero-order chi connectivity index (χ0) is 21.6. The lowest BCUT2D eigenvalue weighted by Crippen LogP contribution is -2.44. The van der Waals surface area contributed by atoms with Crippen LogP contribution < -0.4 is 4.72 Å². The maximum atomic E-state index is 12.7. The molecule has 1 N–H and O–H groups in total. The molecule has 0 atom stereocenters. The molecule has 10 heteroatoms. The molecule has 2 aliphatic heterocycles. The van der Waals surface area contributed by atoms with E-state index in [0.717, 1.165) is 64.8 Å². The van der Waals surface area contributed by atoms with Crippen molar-refractivity contribution in [2.75, 3.05) is 59.4 Å². The summed E-state index contributed by atoms with van der Waals surface area (Å²) >= 11 is 0. The van der Waals surface area contributed by atoms with Crippen LogP contribution in [0.25, 0.3) is 0 Å². The van der Waals surface area contributed by atoms with E-state index in [1.807, 2.05) is 0 Å². The van der Waals surface area contributed by atoms with Crippen LogP contribution in [0.4, 0.5) is 0 Å². The van der Waals surface area contributed by atoms with Crippen LogP contribution in [-0.2, 0) is 20.0 Å². The lowest BCUT2D eigenvalue weighted by Gasteiger charge is -2.32. The van der Waals surface area contributed by atoms with Crippen molar-refractivity contribution in [2.45, 2.75) is 41.9 Å². The number of hydrogen-bond donors (Lipinski definition) is 1. The Morgan fingerprint density at radius 2 is 1.40 bits per heavy atom. The molecule has 0 bridgehead atoms. The minimum absolute atomic E-state index is 0.0964. The molecule has 0 radical (unpaired) electrons. The van der Waals surface area contributed by atoms with Crippen LogP contribution in [0.15, 0.2) is 34.1 Å². The third-order valence-corrected chi connectivity index (χ3v) is 9.27. The molecule has 30 heavy (non-hydrogen) atoms. The van der Waals surface area contributed by atoms with Crippen LogP contribution in [-0.4, -0.2) is 90.3 Å². The van der Waals surface area contributed by atoms with Crippen molar-refractivity contribution >= 4 is 20.0 Å². The molecule has 170 valence electrons. The summed E-state index contributed by atoms with van der Waals surface area (Å²) in [5.74, 6) is 0. The van der Waals surface area contributed by atoms with E-state index in [4.69, 9.17) is 0 Å². The van der Waals surface area contributed by atoms with Gasteiger partial charge in [-0.15, -0.1) is 0 Å². The van der Waals surface area contributed by atoms with E-state index in [-0.39, 0.29) is 9.79 Å². The second-order valence-corrected chi connectivity index (χ2v) is 11.9. The molecule has 0 amide bonds. The largest absolute Gasteiger partial charge is 0.304 e. The molecule has 2 fully saturated rings. The first-order chi connectivity index (χ1) is 14.3. The molecule has 0 unspecified atom stereocenters. The number of piperidine rings is 1. The Morgan fingerprint density at radius 3 is 2.03 bits per heavy atom. The molecular weight excluding hydrogens is 424 g/mol. The van der Waals surface area contributed by atoms with Gasteiger partial charge >= 0.3 is 0 Å². The van der Waals surface area contributed by atoms with E-state index < -0.39 is 20.0 Å². The molecule has 8 nitrogen and oxygen atoms in total. The summed E-state index contributed by atoms with van der Waals surface area (Å²) in [6.07, 6.45) is 4.49. The number of nitrogens with one attached hydrogen (secondary N) is 1. The van der Waals surface area contributed by atoms with Crippen molar-refractivity contribution in [1.29, 1.82) is 0 Å². The van der Waals surface area contributed by atoms with E-state index >= 15 is 0 Å². The van der Waals surface area contributed by atoms with E-state index in [2.05, 4.69) is 21.6 Å². The van der Waals surface area contributed by atoms with E-state index in [1.165, 1.54) is 28.6 Å². The predicted octanol–water partition coefficient (Wildman–Crippen LogP) is 1.17. The zero-order valence-electron chi connectivity index (χ0n) is 17.8. The van der Waals surface area contributed by atoms with Crippen LogP contribution in [0.5, 0.6) is 0 Å². The first-order valence-electron chi connectivity index (χ1n) is 10.8. The monoisotopic (exact) mass is 458 g/mol. The summed E-state index contributed by atoms with van der Waals surface area (Å²) in [4.78, 5) is 4.97. The minimum atomic E-state index is -3.64. The summed E-state index contributed by atoms with van der Waals surface area (Å²) in [6, 6.07) is 5.55. The molecule has 2 saturated heterocycles. The Labute approximate surface area is 181 Å². The van der Waals surface area contributed by atoms with Gasteiger partial charge in [0.15, 0.2) is 0 Å². The maximum Gasteiger partial charge on any atom is 0.243 e. The second-order valence-electron chi connectivity index (χ2n) is 8.19. The summed E-state index contributed by atoms with van der Waals surface area (Å²) < 4.78 is 54.5. The number of piperazine rings is 1. The molecule has 0 aromatic heterocycles. The zero-order valence-corrected chi connectivity index (χ0v) is 19.4.